The number of carbonyl (C=O) groups excluding carboxylic acids is 3. The van der Waals surface area contributed by atoms with Crippen molar-refractivity contribution in [1.82, 2.24) is 0 Å². The Hall–Kier alpha value is -2.99. The number of aliphatic hydroxyl groups excluding tert-OH is 1. The molecule has 0 aromatic heterocycles. The Kier molecular flexibility index (Phi) is 6.03. The Morgan fingerprint density at radius 3 is 2.00 bits per heavy atom. The van der Waals surface area contributed by atoms with E-state index in [0.29, 0.717) is 11.1 Å². The second-order valence-corrected chi connectivity index (χ2v) is 5.31. The largest absolute Gasteiger partial charge is 0.423 e. The van der Waals surface area contributed by atoms with Crippen molar-refractivity contribution in [2.75, 3.05) is 6.61 Å². The molecule has 0 amide bonds. The van der Waals surface area contributed by atoms with Crippen LogP contribution < -0.4 is 9.47 Å². The summed E-state index contributed by atoms with van der Waals surface area (Å²) in [6, 6.07) is 11.4. The molecule has 0 aliphatic carbocycles. The molecule has 0 saturated carbocycles. The van der Waals surface area contributed by atoms with E-state index < -0.39 is 11.9 Å². The number of hydrogen-bond donors (Lipinski definition) is 1. The van der Waals surface area contributed by atoms with Crippen molar-refractivity contribution in [3.8, 4) is 11.5 Å². The first-order chi connectivity index (χ1) is 11.9. The number of ether oxygens (including phenoxy) is 2. The van der Waals surface area contributed by atoms with Crippen LogP contribution in [0.4, 0.5) is 0 Å². The molecule has 2 aromatic rings. The standard InChI is InChI=1S/C19H18O6/c1-12(21)24-17-10-15(8-9-20)16(11-18(17)25-13(2)22)19(23)14-6-4-3-5-7-14/h3-7,10-11,20H,8-9H2,1-2H3. The number of carbonyl (C=O) groups is 3. The van der Waals surface area contributed by atoms with Crippen molar-refractivity contribution in [3.63, 3.8) is 0 Å². The fraction of sp³-hybridized carbons (Fsp3) is 0.211. The molecule has 0 saturated heterocycles. The van der Waals surface area contributed by atoms with E-state index in [2.05, 4.69) is 0 Å². The molecule has 0 aliphatic heterocycles. The molecule has 0 aliphatic rings. The van der Waals surface area contributed by atoms with E-state index in [-0.39, 0.29) is 35.9 Å². The van der Waals surface area contributed by atoms with Crippen LogP contribution in [0.1, 0.15) is 35.3 Å². The molecule has 130 valence electrons. The van der Waals surface area contributed by atoms with Crippen LogP contribution in [-0.2, 0) is 16.0 Å². The molecule has 0 atom stereocenters. The number of benzene rings is 2. The summed E-state index contributed by atoms with van der Waals surface area (Å²) in [4.78, 5) is 35.4. The average molecular weight is 342 g/mol. The molecule has 1 N–H and O–H groups in total. The molecule has 0 spiro atoms. The van der Waals surface area contributed by atoms with Gasteiger partial charge >= 0.3 is 11.9 Å². The lowest BCUT2D eigenvalue weighted by atomic mass is 9.96. The van der Waals surface area contributed by atoms with Crippen molar-refractivity contribution in [2.45, 2.75) is 20.3 Å². The van der Waals surface area contributed by atoms with Gasteiger partial charge in [-0.05, 0) is 24.1 Å². The molecule has 0 radical (unpaired) electrons. The first kappa shape index (κ1) is 18.4. The first-order valence-corrected chi connectivity index (χ1v) is 7.66. The minimum Gasteiger partial charge on any atom is -0.423 e. The van der Waals surface area contributed by atoms with Crippen molar-refractivity contribution in [3.05, 3.63) is 59.2 Å². The van der Waals surface area contributed by atoms with Gasteiger partial charge in [-0.3, -0.25) is 14.4 Å². The first-order valence-electron chi connectivity index (χ1n) is 7.66. The summed E-state index contributed by atoms with van der Waals surface area (Å²) in [5, 5.41) is 9.28. The lowest BCUT2D eigenvalue weighted by Gasteiger charge is -2.14. The Bertz CT molecular complexity index is 795. The van der Waals surface area contributed by atoms with Crippen LogP contribution in [0.15, 0.2) is 42.5 Å². The molecular formula is C19H18O6. The molecule has 0 unspecified atom stereocenters. The summed E-state index contributed by atoms with van der Waals surface area (Å²) in [5.74, 6) is -1.49. The second-order valence-electron chi connectivity index (χ2n) is 5.31. The molecule has 0 fully saturated rings. The van der Waals surface area contributed by atoms with E-state index in [1.807, 2.05) is 0 Å². The van der Waals surface area contributed by atoms with Gasteiger partial charge < -0.3 is 14.6 Å². The van der Waals surface area contributed by atoms with E-state index in [9.17, 15) is 19.5 Å². The van der Waals surface area contributed by atoms with Crippen molar-refractivity contribution >= 4 is 17.7 Å². The minimum atomic E-state index is -0.610. The van der Waals surface area contributed by atoms with Gasteiger partial charge in [0.15, 0.2) is 17.3 Å². The maximum Gasteiger partial charge on any atom is 0.308 e. The van der Waals surface area contributed by atoms with Crippen LogP contribution in [0.5, 0.6) is 11.5 Å². The van der Waals surface area contributed by atoms with Gasteiger partial charge in [0.2, 0.25) is 0 Å². The van der Waals surface area contributed by atoms with E-state index in [4.69, 9.17) is 9.47 Å². The third-order valence-corrected chi connectivity index (χ3v) is 3.34. The van der Waals surface area contributed by atoms with Crippen LogP contribution in [0.3, 0.4) is 0 Å². The van der Waals surface area contributed by atoms with Crippen molar-refractivity contribution in [1.29, 1.82) is 0 Å². The topological polar surface area (TPSA) is 89.9 Å². The normalized spacial score (nSPS) is 10.2. The monoisotopic (exact) mass is 342 g/mol. The highest BCUT2D eigenvalue weighted by Crippen LogP contribution is 2.33. The van der Waals surface area contributed by atoms with Gasteiger partial charge in [-0.25, -0.2) is 0 Å². The Balaban J connectivity index is 2.58. The van der Waals surface area contributed by atoms with Crippen LogP contribution in [0.2, 0.25) is 0 Å². The van der Waals surface area contributed by atoms with Gasteiger partial charge in [0.1, 0.15) is 0 Å². The maximum atomic E-state index is 12.8. The van der Waals surface area contributed by atoms with E-state index in [1.165, 1.54) is 26.0 Å². The predicted octanol–water partition coefficient (Wildman–Crippen LogP) is 2.30. The summed E-state index contributed by atoms with van der Waals surface area (Å²) >= 11 is 0. The molecule has 6 heteroatoms. The second kappa shape index (κ2) is 8.21. The summed E-state index contributed by atoms with van der Waals surface area (Å²) in [6.07, 6.45) is 0.183. The average Bonchev–Trinajstić information content (AvgIpc) is 2.56. The summed E-state index contributed by atoms with van der Waals surface area (Å²) in [6.45, 7) is 2.23. The fourth-order valence-electron chi connectivity index (χ4n) is 2.35. The van der Waals surface area contributed by atoms with E-state index in [0.717, 1.165) is 0 Å². The van der Waals surface area contributed by atoms with Gasteiger partial charge in [0, 0.05) is 31.6 Å². The third kappa shape index (κ3) is 4.74. The predicted molar refractivity (Wildman–Crippen MR) is 89.7 cm³/mol. The summed E-state index contributed by atoms with van der Waals surface area (Å²) in [7, 11) is 0. The molecule has 0 heterocycles. The van der Waals surface area contributed by atoms with Crippen molar-refractivity contribution < 1.29 is 29.0 Å². The number of ketones is 1. The van der Waals surface area contributed by atoms with Gasteiger partial charge in [-0.15, -0.1) is 0 Å². The van der Waals surface area contributed by atoms with Gasteiger partial charge in [-0.1, -0.05) is 30.3 Å². The van der Waals surface area contributed by atoms with Gasteiger partial charge in [-0.2, -0.15) is 0 Å². The van der Waals surface area contributed by atoms with Crippen LogP contribution in [0.25, 0.3) is 0 Å². The lowest BCUT2D eigenvalue weighted by Crippen LogP contribution is -2.12. The number of rotatable bonds is 6. The molecule has 25 heavy (non-hydrogen) atoms. The Labute approximate surface area is 145 Å². The smallest absolute Gasteiger partial charge is 0.308 e. The van der Waals surface area contributed by atoms with E-state index >= 15 is 0 Å². The molecule has 2 aromatic carbocycles. The van der Waals surface area contributed by atoms with Crippen molar-refractivity contribution in [2.24, 2.45) is 0 Å². The third-order valence-electron chi connectivity index (χ3n) is 3.34. The molecule has 2 rings (SSSR count). The maximum absolute atomic E-state index is 12.8. The zero-order chi connectivity index (χ0) is 18.4. The Morgan fingerprint density at radius 1 is 0.920 bits per heavy atom. The van der Waals surface area contributed by atoms with Gasteiger partial charge in [0.05, 0.1) is 0 Å². The number of hydrogen-bond acceptors (Lipinski definition) is 6. The fourth-order valence-corrected chi connectivity index (χ4v) is 2.35. The highest BCUT2D eigenvalue weighted by molar-refractivity contribution is 6.10. The number of aliphatic hydroxyl groups is 1. The Morgan fingerprint density at radius 2 is 1.48 bits per heavy atom. The van der Waals surface area contributed by atoms with E-state index in [1.54, 1.807) is 30.3 Å². The van der Waals surface area contributed by atoms with Crippen LogP contribution in [-0.4, -0.2) is 29.4 Å². The minimum absolute atomic E-state index is 0.0239. The van der Waals surface area contributed by atoms with Crippen LogP contribution >= 0.6 is 0 Å². The molecule has 6 nitrogen and oxygen atoms in total. The summed E-state index contributed by atoms with van der Waals surface area (Å²) < 4.78 is 10.1. The zero-order valence-electron chi connectivity index (χ0n) is 13.9. The molecule has 0 bridgehead atoms. The highest BCUT2D eigenvalue weighted by Gasteiger charge is 2.20. The zero-order valence-corrected chi connectivity index (χ0v) is 13.9. The van der Waals surface area contributed by atoms with Crippen LogP contribution in [0, 0.1) is 0 Å². The SMILES string of the molecule is CC(=O)Oc1cc(CCO)c(C(=O)c2ccccc2)cc1OC(C)=O. The van der Waals surface area contributed by atoms with Gasteiger partial charge in [0.25, 0.3) is 0 Å². The number of esters is 2. The quantitative estimate of drug-likeness (QED) is 0.492. The highest BCUT2D eigenvalue weighted by atomic mass is 16.6. The summed E-state index contributed by atoms with van der Waals surface area (Å²) in [5.41, 5.74) is 1.21. The molecular weight excluding hydrogens is 324 g/mol. The lowest BCUT2D eigenvalue weighted by molar-refractivity contribution is -0.134.